The van der Waals surface area contributed by atoms with Gasteiger partial charge in [0, 0.05) is 12.6 Å². The fourth-order valence-electron chi connectivity index (χ4n) is 5.13. The fourth-order valence-corrected chi connectivity index (χ4v) is 6.89. The Kier molecular flexibility index (Phi) is 5.98. The van der Waals surface area contributed by atoms with E-state index in [4.69, 9.17) is 5.11 Å². The monoisotopic (exact) mass is 427 g/mol. The summed E-state index contributed by atoms with van der Waals surface area (Å²) in [7, 11) is -3.58. The van der Waals surface area contributed by atoms with Crippen LogP contribution in [0.3, 0.4) is 0 Å². The zero-order valence-electron chi connectivity index (χ0n) is 17.3. The number of benzene rings is 2. The van der Waals surface area contributed by atoms with Crippen LogP contribution in [0.2, 0.25) is 0 Å². The summed E-state index contributed by atoms with van der Waals surface area (Å²) in [4.78, 5) is 11.5. The first kappa shape index (κ1) is 21.1. The lowest BCUT2D eigenvalue weighted by atomic mass is 9.74. The second-order valence-electron chi connectivity index (χ2n) is 8.75. The van der Waals surface area contributed by atoms with Gasteiger partial charge in [-0.2, -0.15) is 4.31 Å². The Balaban J connectivity index is 1.67. The zero-order chi connectivity index (χ0) is 21.3. The molecule has 1 heterocycles. The molecule has 2 aliphatic rings. The summed E-state index contributed by atoms with van der Waals surface area (Å²) in [6.45, 7) is 2.41. The molecule has 2 fully saturated rings. The molecule has 3 atom stereocenters. The van der Waals surface area contributed by atoms with Crippen molar-refractivity contribution in [1.82, 2.24) is 4.31 Å². The Morgan fingerprint density at radius 1 is 1.10 bits per heavy atom. The third-order valence-corrected chi connectivity index (χ3v) is 8.54. The number of aliphatic carboxylic acids is 1. The largest absolute Gasteiger partial charge is 0.481 e. The summed E-state index contributed by atoms with van der Waals surface area (Å²) in [6, 6.07) is 14.8. The lowest BCUT2D eigenvalue weighted by Gasteiger charge is -2.46. The molecule has 1 aliphatic heterocycles. The Hall–Kier alpha value is -2.18. The van der Waals surface area contributed by atoms with Gasteiger partial charge in [-0.3, -0.25) is 4.79 Å². The highest BCUT2D eigenvalue weighted by Crippen LogP contribution is 2.43. The minimum Gasteiger partial charge on any atom is -0.481 e. The topological polar surface area (TPSA) is 74.7 Å². The number of piperidine rings is 1. The number of sulfonamides is 1. The van der Waals surface area contributed by atoms with Crippen LogP contribution in [0, 0.1) is 12.8 Å². The van der Waals surface area contributed by atoms with Crippen LogP contribution in [-0.4, -0.2) is 36.4 Å². The third-order valence-electron chi connectivity index (χ3n) is 6.63. The number of fused-ring (bicyclic) bond motifs is 1. The zero-order valence-corrected chi connectivity index (χ0v) is 18.1. The lowest BCUT2D eigenvalue weighted by molar-refractivity contribution is -0.136. The summed E-state index contributed by atoms with van der Waals surface area (Å²) >= 11 is 0. The maximum absolute atomic E-state index is 13.6. The van der Waals surface area contributed by atoms with Crippen LogP contribution < -0.4 is 0 Å². The van der Waals surface area contributed by atoms with E-state index in [0.717, 1.165) is 48.8 Å². The van der Waals surface area contributed by atoms with Gasteiger partial charge in [-0.15, -0.1) is 0 Å². The van der Waals surface area contributed by atoms with Gasteiger partial charge in [0.25, 0.3) is 0 Å². The van der Waals surface area contributed by atoms with Crippen molar-refractivity contribution in [3.8, 4) is 0 Å². The van der Waals surface area contributed by atoms with Crippen LogP contribution in [0.5, 0.6) is 0 Å². The van der Waals surface area contributed by atoms with Gasteiger partial charge in [0.1, 0.15) is 0 Å². The molecule has 30 heavy (non-hydrogen) atoms. The van der Waals surface area contributed by atoms with Crippen LogP contribution in [0.4, 0.5) is 0 Å². The average Bonchev–Trinajstić information content (AvgIpc) is 2.73. The van der Waals surface area contributed by atoms with Crippen LogP contribution in [0.25, 0.3) is 0 Å². The number of carbonyl (C=O) groups is 1. The molecule has 1 N–H and O–H groups in total. The molecule has 1 saturated carbocycles. The number of rotatable bonds is 5. The number of carboxylic acid groups (broad SMARTS) is 1. The number of aryl methyl sites for hydroxylation is 1. The van der Waals surface area contributed by atoms with E-state index in [1.807, 2.05) is 43.3 Å². The molecule has 3 unspecified atom stereocenters. The smallest absolute Gasteiger partial charge is 0.307 e. The number of hydrogen-bond acceptors (Lipinski definition) is 3. The lowest BCUT2D eigenvalue weighted by Crippen LogP contribution is -2.51. The maximum atomic E-state index is 13.6. The molecule has 0 bridgehead atoms. The summed E-state index contributed by atoms with van der Waals surface area (Å²) < 4.78 is 28.9. The maximum Gasteiger partial charge on any atom is 0.307 e. The molecule has 1 saturated heterocycles. The van der Waals surface area contributed by atoms with Crippen LogP contribution in [-0.2, 0) is 21.2 Å². The van der Waals surface area contributed by atoms with Gasteiger partial charge < -0.3 is 5.11 Å². The quantitative estimate of drug-likeness (QED) is 0.769. The highest BCUT2D eigenvalue weighted by molar-refractivity contribution is 7.89. The van der Waals surface area contributed by atoms with Crippen molar-refractivity contribution in [3.05, 3.63) is 65.2 Å². The third kappa shape index (κ3) is 4.30. The number of nitrogens with zero attached hydrogens (tertiary/aromatic N) is 1. The van der Waals surface area contributed by atoms with E-state index in [1.165, 1.54) is 0 Å². The van der Waals surface area contributed by atoms with Crippen molar-refractivity contribution in [3.63, 3.8) is 0 Å². The molecule has 5 nitrogen and oxygen atoms in total. The van der Waals surface area contributed by atoms with Crippen molar-refractivity contribution >= 4 is 16.0 Å². The Morgan fingerprint density at radius 3 is 2.57 bits per heavy atom. The average molecular weight is 428 g/mol. The summed E-state index contributed by atoms with van der Waals surface area (Å²) in [5.41, 5.74) is 2.84. The number of carboxylic acids is 1. The van der Waals surface area contributed by atoms with E-state index in [-0.39, 0.29) is 18.4 Å². The molecular weight excluding hydrogens is 398 g/mol. The van der Waals surface area contributed by atoms with Crippen LogP contribution in [0.1, 0.15) is 54.7 Å². The fraction of sp³-hybridized carbons (Fsp3) is 0.458. The Morgan fingerprint density at radius 2 is 1.83 bits per heavy atom. The molecule has 2 aromatic carbocycles. The molecule has 2 aromatic rings. The molecule has 0 spiro atoms. The van der Waals surface area contributed by atoms with Crippen molar-refractivity contribution in [2.24, 2.45) is 5.92 Å². The Labute approximate surface area is 178 Å². The van der Waals surface area contributed by atoms with E-state index < -0.39 is 16.0 Å². The van der Waals surface area contributed by atoms with Crippen LogP contribution in [0.15, 0.2) is 53.4 Å². The van der Waals surface area contributed by atoms with Crippen LogP contribution >= 0.6 is 0 Å². The molecular formula is C24H29NO4S. The molecule has 0 radical (unpaired) electrons. The number of hydrogen-bond donors (Lipinski definition) is 1. The van der Waals surface area contributed by atoms with E-state index >= 15 is 0 Å². The molecule has 160 valence electrons. The first-order chi connectivity index (χ1) is 14.3. The van der Waals surface area contributed by atoms with E-state index in [0.29, 0.717) is 17.4 Å². The predicted molar refractivity (Wildman–Crippen MR) is 116 cm³/mol. The first-order valence-corrected chi connectivity index (χ1v) is 12.2. The van der Waals surface area contributed by atoms with Crippen molar-refractivity contribution < 1.29 is 18.3 Å². The van der Waals surface area contributed by atoms with Gasteiger partial charge in [0.2, 0.25) is 10.0 Å². The van der Waals surface area contributed by atoms with Crippen molar-refractivity contribution in [2.45, 2.75) is 62.3 Å². The highest BCUT2D eigenvalue weighted by atomic mass is 32.2. The first-order valence-electron chi connectivity index (χ1n) is 10.7. The minimum atomic E-state index is -3.58. The summed E-state index contributed by atoms with van der Waals surface area (Å²) in [5, 5.41) is 9.13. The van der Waals surface area contributed by atoms with Gasteiger partial charge >= 0.3 is 5.97 Å². The van der Waals surface area contributed by atoms with Gasteiger partial charge in [-0.1, -0.05) is 54.8 Å². The van der Waals surface area contributed by atoms with Gasteiger partial charge in [0.05, 0.1) is 11.3 Å². The van der Waals surface area contributed by atoms with Gasteiger partial charge in [-0.25, -0.2) is 8.42 Å². The standard InChI is InChI=1S/C24H29NO4S/c1-17-9-11-22(12-10-17)30(28,29)25-16-21(15-20-6-2-3-8-23(20)25)19-7-4-5-18(13-19)14-24(26)27/h4-5,7,9-13,20-21,23H,2-3,6,8,14-16H2,1H3,(H,26,27). The Bertz CT molecular complexity index is 1020. The molecule has 0 amide bonds. The minimum absolute atomic E-state index is 0.0159. The second kappa shape index (κ2) is 8.52. The van der Waals surface area contributed by atoms with Crippen molar-refractivity contribution in [1.29, 1.82) is 0 Å². The van der Waals surface area contributed by atoms with E-state index in [9.17, 15) is 13.2 Å². The summed E-state index contributed by atoms with van der Waals surface area (Å²) in [5.74, 6) is -0.425. The second-order valence-corrected chi connectivity index (χ2v) is 10.6. The van der Waals surface area contributed by atoms with Crippen molar-refractivity contribution in [2.75, 3.05) is 6.54 Å². The molecule has 0 aromatic heterocycles. The van der Waals surface area contributed by atoms with Gasteiger partial charge in [0.15, 0.2) is 0 Å². The molecule has 1 aliphatic carbocycles. The predicted octanol–water partition coefficient (Wildman–Crippen LogP) is 4.36. The SMILES string of the molecule is Cc1ccc(S(=O)(=O)N2CC(c3cccc(CC(=O)O)c3)CC3CCCCC32)cc1. The van der Waals surface area contributed by atoms with E-state index in [1.54, 1.807) is 16.4 Å². The highest BCUT2D eigenvalue weighted by Gasteiger charge is 2.43. The molecule has 4 rings (SSSR count). The summed E-state index contributed by atoms with van der Waals surface area (Å²) in [6.07, 6.45) is 5.13. The van der Waals surface area contributed by atoms with E-state index in [2.05, 4.69) is 0 Å². The molecule has 6 heteroatoms. The van der Waals surface area contributed by atoms with Gasteiger partial charge in [-0.05, 0) is 61.3 Å². The normalized spacial score (nSPS) is 24.9.